The maximum Gasteiger partial charge on any atom is 0.235 e. The summed E-state index contributed by atoms with van der Waals surface area (Å²) in [7, 11) is 0. The normalized spacial score (nSPS) is 10.2. The van der Waals surface area contributed by atoms with Crippen LogP contribution in [0.4, 0.5) is 0 Å². The largest absolute Gasteiger partial charge is 0.477 e. The monoisotopic (exact) mass is 239 g/mol. The van der Waals surface area contributed by atoms with Crippen LogP contribution in [0.5, 0.6) is 11.8 Å². The second kappa shape index (κ2) is 8.75. The van der Waals surface area contributed by atoms with Crippen molar-refractivity contribution in [3.63, 3.8) is 0 Å². The number of nitrogens with one attached hydrogen (secondary N) is 1. The molecule has 0 radical (unpaired) electrons. The highest BCUT2D eigenvalue weighted by molar-refractivity contribution is 5.12. The standard InChI is InChI=1S/C12H21N3O2/c1-3-5-13-6-8-17-12-10-14-9-11(15-12)16-7-4-2/h9-10,13H,3-8H2,1-2H3. The number of nitrogens with zero attached hydrogens (tertiary/aromatic N) is 2. The van der Waals surface area contributed by atoms with Gasteiger partial charge in [0.05, 0.1) is 19.0 Å². The molecule has 0 spiro atoms. The third kappa shape index (κ3) is 6.06. The number of hydrogen-bond donors (Lipinski definition) is 1. The first-order valence-electron chi connectivity index (χ1n) is 6.15. The molecule has 5 heteroatoms. The van der Waals surface area contributed by atoms with E-state index in [9.17, 15) is 0 Å². The van der Waals surface area contributed by atoms with Gasteiger partial charge in [-0.3, -0.25) is 4.98 Å². The third-order valence-corrected chi connectivity index (χ3v) is 2.00. The van der Waals surface area contributed by atoms with E-state index in [1.54, 1.807) is 12.4 Å². The van der Waals surface area contributed by atoms with E-state index in [1.807, 2.05) is 6.92 Å². The van der Waals surface area contributed by atoms with Crippen molar-refractivity contribution in [2.24, 2.45) is 0 Å². The van der Waals surface area contributed by atoms with E-state index in [0.29, 0.717) is 25.0 Å². The highest BCUT2D eigenvalue weighted by Gasteiger charge is 2.00. The van der Waals surface area contributed by atoms with Gasteiger partial charge in [-0.25, -0.2) is 0 Å². The number of aromatic nitrogens is 2. The van der Waals surface area contributed by atoms with Gasteiger partial charge in [-0.05, 0) is 19.4 Å². The fraction of sp³-hybridized carbons (Fsp3) is 0.667. The highest BCUT2D eigenvalue weighted by Crippen LogP contribution is 2.10. The molecule has 0 unspecified atom stereocenters. The summed E-state index contributed by atoms with van der Waals surface area (Å²) in [4.78, 5) is 8.21. The van der Waals surface area contributed by atoms with E-state index in [0.717, 1.165) is 25.9 Å². The molecule has 1 aromatic rings. The van der Waals surface area contributed by atoms with Crippen molar-refractivity contribution in [3.05, 3.63) is 12.4 Å². The van der Waals surface area contributed by atoms with Crippen molar-refractivity contribution < 1.29 is 9.47 Å². The number of rotatable bonds is 9. The summed E-state index contributed by atoms with van der Waals surface area (Å²) in [5.41, 5.74) is 0. The van der Waals surface area contributed by atoms with Gasteiger partial charge in [-0.15, -0.1) is 0 Å². The predicted molar refractivity (Wildman–Crippen MR) is 66.5 cm³/mol. The third-order valence-electron chi connectivity index (χ3n) is 2.00. The second-order valence-electron chi connectivity index (χ2n) is 3.64. The van der Waals surface area contributed by atoms with Crippen LogP contribution in [-0.2, 0) is 0 Å². The lowest BCUT2D eigenvalue weighted by Crippen LogP contribution is -2.21. The molecule has 0 aliphatic rings. The molecule has 0 atom stereocenters. The molecule has 1 heterocycles. The van der Waals surface area contributed by atoms with Crippen LogP contribution < -0.4 is 14.8 Å². The molecule has 1 aromatic heterocycles. The molecular weight excluding hydrogens is 218 g/mol. The van der Waals surface area contributed by atoms with Crippen LogP contribution in [0.25, 0.3) is 0 Å². The number of ether oxygens (including phenoxy) is 2. The average molecular weight is 239 g/mol. The minimum Gasteiger partial charge on any atom is -0.477 e. The molecule has 0 saturated carbocycles. The molecule has 0 aromatic carbocycles. The summed E-state index contributed by atoms with van der Waals surface area (Å²) >= 11 is 0. The average Bonchev–Trinajstić information content (AvgIpc) is 2.37. The molecule has 0 bridgehead atoms. The van der Waals surface area contributed by atoms with Crippen LogP contribution in [0.1, 0.15) is 26.7 Å². The molecular formula is C12H21N3O2. The Balaban J connectivity index is 2.27. The summed E-state index contributed by atoms with van der Waals surface area (Å²) in [5, 5.41) is 3.25. The van der Waals surface area contributed by atoms with E-state index in [2.05, 4.69) is 22.2 Å². The molecule has 0 amide bonds. The van der Waals surface area contributed by atoms with Gasteiger partial charge in [0, 0.05) is 6.54 Å². The summed E-state index contributed by atoms with van der Waals surface area (Å²) < 4.78 is 10.8. The quantitative estimate of drug-likeness (QED) is 0.664. The summed E-state index contributed by atoms with van der Waals surface area (Å²) in [6.45, 7) is 7.24. The smallest absolute Gasteiger partial charge is 0.235 e. The molecule has 0 saturated heterocycles. The Bertz CT molecular complexity index is 308. The molecule has 17 heavy (non-hydrogen) atoms. The van der Waals surface area contributed by atoms with Gasteiger partial charge in [0.25, 0.3) is 0 Å². The van der Waals surface area contributed by atoms with Gasteiger partial charge in [0.1, 0.15) is 6.61 Å². The van der Waals surface area contributed by atoms with E-state index in [4.69, 9.17) is 9.47 Å². The molecule has 0 fully saturated rings. The highest BCUT2D eigenvalue weighted by atomic mass is 16.5. The van der Waals surface area contributed by atoms with Crippen LogP contribution in [-0.4, -0.2) is 36.3 Å². The first-order chi connectivity index (χ1) is 8.36. The Labute approximate surface area is 103 Å². The van der Waals surface area contributed by atoms with E-state index >= 15 is 0 Å². The zero-order valence-electron chi connectivity index (χ0n) is 10.6. The lowest BCUT2D eigenvalue weighted by molar-refractivity contribution is 0.276. The molecule has 96 valence electrons. The van der Waals surface area contributed by atoms with Gasteiger partial charge in [-0.2, -0.15) is 4.98 Å². The summed E-state index contributed by atoms with van der Waals surface area (Å²) in [6, 6.07) is 0. The zero-order valence-corrected chi connectivity index (χ0v) is 10.6. The lowest BCUT2D eigenvalue weighted by Gasteiger charge is -2.07. The Hall–Kier alpha value is -1.36. The summed E-state index contributed by atoms with van der Waals surface area (Å²) in [6.07, 6.45) is 5.27. The van der Waals surface area contributed by atoms with Crippen molar-refractivity contribution in [1.29, 1.82) is 0 Å². The number of hydrogen-bond acceptors (Lipinski definition) is 5. The Kier molecular flexibility index (Phi) is 7.06. The van der Waals surface area contributed by atoms with Crippen molar-refractivity contribution in [3.8, 4) is 11.8 Å². The van der Waals surface area contributed by atoms with Crippen molar-refractivity contribution >= 4 is 0 Å². The van der Waals surface area contributed by atoms with Crippen LogP contribution >= 0.6 is 0 Å². The van der Waals surface area contributed by atoms with Crippen LogP contribution in [0.2, 0.25) is 0 Å². The molecule has 5 nitrogen and oxygen atoms in total. The first kappa shape index (κ1) is 13.7. The zero-order chi connectivity index (χ0) is 12.3. The Morgan fingerprint density at radius 3 is 2.35 bits per heavy atom. The van der Waals surface area contributed by atoms with Crippen LogP contribution in [0, 0.1) is 0 Å². The van der Waals surface area contributed by atoms with E-state index in [-0.39, 0.29) is 0 Å². The van der Waals surface area contributed by atoms with E-state index in [1.165, 1.54) is 0 Å². The topological polar surface area (TPSA) is 56.3 Å². The molecule has 0 aliphatic heterocycles. The maximum atomic E-state index is 5.46. The van der Waals surface area contributed by atoms with Crippen molar-refractivity contribution in [1.82, 2.24) is 15.3 Å². The van der Waals surface area contributed by atoms with Gasteiger partial charge >= 0.3 is 0 Å². The van der Waals surface area contributed by atoms with Crippen LogP contribution in [0.15, 0.2) is 12.4 Å². The Morgan fingerprint density at radius 2 is 1.71 bits per heavy atom. The predicted octanol–water partition coefficient (Wildman–Crippen LogP) is 1.64. The molecule has 0 aliphatic carbocycles. The first-order valence-corrected chi connectivity index (χ1v) is 6.15. The fourth-order valence-corrected chi connectivity index (χ4v) is 1.21. The minimum absolute atomic E-state index is 0.511. The van der Waals surface area contributed by atoms with Gasteiger partial charge < -0.3 is 14.8 Å². The molecule has 1 rings (SSSR count). The minimum atomic E-state index is 0.511. The van der Waals surface area contributed by atoms with Gasteiger partial charge in [-0.1, -0.05) is 13.8 Å². The second-order valence-corrected chi connectivity index (χ2v) is 3.64. The maximum absolute atomic E-state index is 5.46. The van der Waals surface area contributed by atoms with Gasteiger partial charge in [0.2, 0.25) is 11.8 Å². The van der Waals surface area contributed by atoms with Crippen molar-refractivity contribution in [2.75, 3.05) is 26.3 Å². The SMILES string of the molecule is CCCNCCOc1cncc(OCCC)n1. The van der Waals surface area contributed by atoms with Crippen LogP contribution in [0.3, 0.4) is 0 Å². The van der Waals surface area contributed by atoms with Crippen molar-refractivity contribution in [2.45, 2.75) is 26.7 Å². The fourth-order valence-electron chi connectivity index (χ4n) is 1.21. The lowest BCUT2D eigenvalue weighted by atomic mass is 10.5. The summed E-state index contributed by atoms with van der Waals surface area (Å²) in [5.74, 6) is 1.03. The molecule has 1 N–H and O–H groups in total. The Morgan fingerprint density at radius 1 is 1.00 bits per heavy atom. The van der Waals surface area contributed by atoms with Gasteiger partial charge in [0.15, 0.2) is 0 Å². The van der Waals surface area contributed by atoms with E-state index < -0.39 is 0 Å².